The Balaban J connectivity index is 2.01. The molecule has 0 radical (unpaired) electrons. The van der Waals surface area contributed by atoms with E-state index in [4.69, 9.17) is 0 Å². The molecule has 1 saturated heterocycles. The van der Waals surface area contributed by atoms with Gasteiger partial charge in [0.15, 0.2) is 5.78 Å². The summed E-state index contributed by atoms with van der Waals surface area (Å²) in [6, 6.07) is 24.9. The molecule has 29 heavy (non-hydrogen) atoms. The summed E-state index contributed by atoms with van der Waals surface area (Å²) < 4.78 is 1.12. The summed E-state index contributed by atoms with van der Waals surface area (Å²) in [5, 5.41) is 2.41. The van der Waals surface area contributed by atoms with E-state index in [1.165, 1.54) is 10.8 Å². The molecule has 0 N–H and O–H groups in total. The number of fused-ring (bicyclic) bond motifs is 1. The lowest BCUT2D eigenvalue weighted by Gasteiger charge is -2.12. The highest BCUT2D eigenvalue weighted by Crippen LogP contribution is 2.43. The van der Waals surface area contributed by atoms with Gasteiger partial charge >= 0.3 is 0 Å². The maximum Gasteiger partial charge on any atom is 0.162 e. The second kappa shape index (κ2) is 8.92. The Morgan fingerprint density at radius 1 is 0.828 bits per heavy atom. The number of ketones is 1. The van der Waals surface area contributed by atoms with Crippen molar-refractivity contribution in [1.29, 1.82) is 0 Å². The first kappa shape index (κ1) is 19.8. The van der Waals surface area contributed by atoms with Gasteiger partial charge in [0.25, 0.3) is 0 Å². The van der Waals surface area contributed by atoms with Gasteiger partial charge in [-0.2, -0.15) is 0 Å². The van der Waals surface area contributed by atoms with Crippen LogP contribution in [0.2, 0.25) is 0 Å². The highest BCUT2D eigenvalue weighted by molar-refractivity contribution is 8.25. The third-order valence-electron chi connectivity index (χ3n) is 4.92. The molecule has 0 bridgehead atoms. The van der Waals surface area contributed by atoms with Crippen molar-refractivity contribution in [2.75, 3.05) is 11.5 Å². The Labute approximate surface area is 180 Å². The van der Waals surface area contributed by atoms with E-state index in [0.29, 0.717) is 0 Å². The number of carbonyl (C=O) groups excluding carboxylic acids is 1. The van der Waals surface area contributed by atoms with Crippen LogP contribution in [0.4, 0.5) is 0 Å². The monoisotopic (exact) mass is 414 g/mol. The van der Waals surface area contributed by atoms with Crippen LogP contribution in [0, 0.1) is 0 Å². The molecule has 0 saturated carbocycles. The van der Waals surface area contributed by atoms with Crippen molar-refractivity contribution < 1.29 is 4.79 Å². The van der Waals surface area contributed by atoms with E-state index in [1.807, 2.05) is 18.2 Å². The smallest absolute Gasteiger partial charge is 0.162 e. The molecular weight excluding hydrogens is 392 g/mol. The van der Waals surface area contributed by atoms with Gasteiger partial charge in [-0.15, -0.1) is 29.3 Å². The summed E-state index contributed by atoms with van der Waals surface area (Å²) in [7, 11) is 0. The number of thioether (sulfide) groups is 2. The topological polar surface area (TPSA) is 17.1 Å². The van der Waals surface area contributed by atoms with Crippen LogP contribution in [0.25, 0.3) is 21.9 Å². The summed E-state index contributed by atoms with van der Waals surface area (Å²) in [4.78, 5) is 12.7. The maximum absolute atomic E-state index is 12.7. The summed E-state index contributed by atoms with van der Waals surface area (Å²) in [5.41, 5.74) is 8.52. The van der Waals surface area contributed by atoms with E-state index in [1.54, 1.807) is 30.4 Å². The molecule has 1 nitrogen and oxygen atoms in total. The van der Waals surface area contributed by atoms with E-state index >= 15 is 0 Å². The zero-order chi connectivity index (χ0) is 20.2. The maximum atomic E-state index is 12.7. The van der Waals surface area contributed by atoms with Crippen LogP contribution >= 0.6 is 23.5 Å². The third-order valence-corrected chi connectivity index (χ3v) is 7.64. The number of benzene rings is 3. The molecule has 3 heteroatoms. The van der Waals surface area contributed by atoms with E-state index < -0.39 is 0 Å². The summed E-state index contributed by atoms with van der Waals surface area (Å²) >= 11 is 3.56. The quantitative estimate of drug-likeness (QED) is 0.332. The molecule has 1 heterocycles. The van der Waals surface area contributed by atoms with Crippen molar-refractivity contribution in [3.05, 3.63) is 99.5 Å². The van der Waals surface area contributed by atoms with Crippen molar-refractivity contribution in [3.8, 4) is 0 Å². The molecule has 1 aliphatic heterocycles. The fourth-order valence-corrected chi connectivity index (χ4v) is 6.22. The van der Waals surface area contributed by atoms with Crippen LogP contribution in [0.3, 0.4) is 0 Å². The molecule has 0 unspecified atom stereocenters. The van der Waals surface area contributed by atoms with Gasteiger partial charge in [0.1, 0.15) is 0 Å². The van der Waals surface area contributed by atoms with Crippen molar-refractivity contribution in [3.63, 3.8) is 0 Å². The van der Waals surface area contributed by atoms with Crippen LogP contribution < -0.4 is 0 Å². The van der Waals surface area contributed by atoms with E-state index in [2.05, 4.69) is 67.3 Å². The average molecular weight is 415 g/mol. The minimum absolute atomic E-state index is 0.0963. The number of rotatable bonds is 4. The van der Waals surface area contributed by atoms with Crippen LogP contribution in [0.15, 0.2) is 88.3 Å². The molecule has 0 aliphatic carbocycles. The normalized spacial score (nSPS) is 13.2. The standard InChI is InChI=1S/C26H22OS2/c1-18(22-14-8-12-20-11-6-7-13-23(20)22)17-24(21-9-4-3-5-10-21)25(19(2)27)26-28-15-16-29-26/h3-14H,15-16H2,1-2H3. The zero-order valence-corrected chi connectivity index (χ0v) is 18.2. The predicted octanol–water partition coefficient (Wildman–Crippen LogP) is 7.21. The first-order valence-corrected chi connectivity index (χ1v) is 11.6. The highest BCUT2D eigenvalue weighted by atomic mass is 32.2. The predicted molar refractivity (Wildman–Crippen MR) is 129 cm³/mol. The zero-order valence-electron chi connectivity index (χ0n) is 16.6. The Hall–Kier alpha value is -2.45. The molecular formula is C26H22OS2. The summed E-state index contributed by atoms with van der Waals surface area (Å²) in [6.07, 6.45) is 0. The number of Topliss-reactive ketones (excluding diaryl/α,β-unsaturated/α-hetero) is 1. The molecule has 0 spiro atoms. The second-order valence-corrected chi connectivity index (χ2v) is 9.40. The third kappa shape index (κ3) is 4.28. The molecule has 1 aliphatic rings. The molecule has 0 aromatic heterocycles. The minimum Gasteiger partial charge on any atom is -0.294 e. The van der Waals surface area contributed by atoms with Crippen molar-refractivity contribution in [2.24, 2.45) is 0 Å². The minimum atomic E-state index is 0.0963. The van der Waals surface area contributed by atoms with Gasteiger partial charge in [0.05, 0.1) is 9.81 Å². The van der Waals surface area contributed by atoms with E-state index in [0.717, 1.165) is 43.6 Å². The highest BCUT2D eigenvalue weighted by Gasteiger charge is 2.22. The molecule has 0 amide bonds. The van der Waals surface area contributed by atoms with Gasteiger partial charge in [-0.25, -0.2) is 0 Å². The summed E-state index contributed by atoms with van der Waals surface area (Å²) in [5.74, 6) is 2.19. The Morgan fingerprint density at radius 2 is 1.48 bits per heavy atom. The number of hydrogen-bond acceptors (Lipinski definition) is 3. The van der Waals surface area contributed by atoms with E-state index in [-0.39, 0.29) is 5.78 Å². The largest absolute Gasteiger partial charge is 0.294 e. The molecule has 0 atom stereocenters. The lowest BCUT2D eigenvalue weighted by atomic mass is 9.94. The Kier molecular flexibility index (Phi) is 6.10. The molecule has 144 valence electrons. The van der Waals surface area contributed by atoms with Gasteiger partial charge in [-0.05, 0) is 41.3 Å². The van der Waals surface area contributed by atoms with Gasteiger partial charge in [0, 0.05) is 17.1 Å². The lowest BCUT2D eigenvalue weighted by Crippen LogP contribution is -2.01. The van der Waals surface area contributed by atoms with Gasteiger partial charge in [0.2, 0.25) is 0 Å². The van der Waals surface area contributed by atoms with E-state index in [9.17, 15) is 4.79 Å². The molecule has 3 aromatic carbocycles. The van der Waals surface area contributed by atoms with Crippen LogP contribution in [-0.4, -0.2) is 17.3 Å². The first-order valence-electron chi connectivity index (χ1n) is 9.67. The van der Waals surface area contributed by atoms with Crippen LogP contribution in [0.1, 0.15) is 25.0 Å². The Morgan fingerprint density at radius 3 is 2.21 bits per heavy atom. The number of carbonyl (C=O) groups is 1. The van der Waals surface area contributed by atoms with Crippen molar-refractivity contribution in [2.45, 2.75) is 13.8 Å². The SMILES string of the molecule is CC(=O)C(C(=C=C(C)c1cccc2ccccc12)c1ccccc1)=C1SCCS1. The van der Waals surface area contributed by atoms with Crippen molar-refractivity contribution in [1.82, 2.24) is 0 Å². The van der Waals surface area contributed by atoms with Gasteiger partial charge in [-0.3, -0.25) is 4.79 Å². The van der Waals surface area contributed by atoms with Crippen LogP contribution in [-0.2, 0) is 4.79 Å². The average Bonchev–Trinajstić information content (AvgIpc) is 3.27. The van der Waals surface area contributed by atoms with Crippen LogP contribution in [0.5, 0.6) is 0 Å². The molecule has 3 aromatic rings. The molecule has 1 fully saturated rings. The summed E-state index contributed by atoms with van der Waals surface area (Å²) in [6.45, 7) is 3.75. The van der Waals surface area contributed by atoms with Crippen molar-refractivity contribution >= 4 is 51.2 Å². The van der Waals surface area contributed by atoms with Gasteiger partial charge in [-0.1, -0.05) is 72.8 Å². The number of allylic oxidation sites excluding steroid dienone is 2. The fraction of sp³-hybridized carbons (Fsp3) is 0.154. The Bertz CT molecular complexity index is 1150. The van der Waals surface area contributed by atoms with Gasteiger partial charge < -0.3 is 0 Å². The number of hydrogen-bond donors (Lipinski definition) is 0. The second-order valence-electron chi connectivity index (χ2n) is 6.93. The first-order chi connectivity index (χ1) is 14.1. The lowest BCUT2D eigenvalue weighted by molar-refractivity contribution is -0.113. The molecule has 4 rings (SSSR count). The fourth-order valence-electron chi connectivity index (χ4n) is 3.57.